The molecule has 0 aliphatic carbocycles. The molecule has 2 heterocycles. The van der Waals surface area contributed by atoms with Crippen LogP contribution in [0.25, 0.3) is 0 Å². The predicted molar refractivity (Wildman–Crippen MR) is 65.5 cm³/mol. The minimum Gasteiger partial charge on any atom is -0.317 e. The van der Waals surface area contributed by atoms with Gasteiger partial charge in [-0.2, -0.15) is 0 Å². The molecule has 0 fully saturated rings. The van der Waals surface area contributed by atoms with Crippen LogP contribution in [-0.2, 0) is 20.1 Å². The van der Waals surface area contributed by atoms with Gasteiger partial charge in [0.1, 0.15) is 5.82 Å². The standard InChI is InChI=1S/C11H15N5O2/c1-4-15-6-5-10(17)16(11(15)18)7-9-13-12-8(2)14(9)3/h5-6H,4,7H2,1-3H3. The molecule has 96 valence electrons. The first-order valence-electron chi connectivity index (χ1n) is 5.69. The first kappa shape index (κ1) is 12.3. The van der Waals surface area contributed by atoms with Crippen molar-refractivity contribution in [2.75, 3.05) is 0 Å². The van der Waals surface area contributed by atoms with Crippen LogP contribution in [0, 0.1) is 6.92 Å². The van der Waals surface area contributed by atoms with Crippen molar-refractivity contribution >= 4 is 0 Å². The third-order valence-corrected chi connectivity index (χ3v) is 2.96. The Labute approximate surface area is 103 Å². The average molecular weight is 249 g/mol. The van der Waals surface area contributed by atoms with Gasteiger partial charge in [-0.15, -0.1) is 10.2 Å². The third kappa shape index (κ3) is 1.99. The third-order valence-electron chi connectivity index (χ3n) is 2.96. The number of rotatable bonds is 3. The van der Waals surface area contributed by atoms with Gasteiger partial charge < -0.3 is 9.13 Å². The largest absolute Gasteiger partial charge is 0.331 e. The van der Waals surface area contributed by atoms with E-state index < -0.39 is 0 Å². The zero-order chi connectivity index (χ0) is 13.3. The Morgan fingerprint density at radius 1 is 1.28 bits per heavy atom. The molecule has 0 spiro atoms. The zero-order valence-corrected chi connectivity index (χ0v) is 10.6. The first-order chi connectivity index (χ1) is 8.54. The molecule has 0 aromatic carbocycles. The van der Waals surface area contributed by atoms with E-state index in [0.29, 0.717) is 12.4 Å². The number of aromatic nitrogens is 5. The number of hydrogen-bond donors (Lipinski definition) is 0. The van der Waals surface area contributed by atoms with Gasteiger partial charge in [0.2, 0.25) is 0 Å². The van der Waals surface area contributed by atoms with E-state index in [0.717, 1.165) is 10.4 Å². The summed E-state index contributed by atoms with van der Waals surface area (Å²) in [4.78, 5) is 23.7. The lowest BCUT2D eigenvalue weighted by atomic mass is 10.5. The summed E-state index contributed by atoms with van der Waals surface area (Å²) >= 11 is 0. The average Bonchev–Trinajstić information content (AvgIpc) is 2.66. The Morgan fingerprint density at radius 3 is 2.56 bits per heavy atom. The number of nitrogens with zero attached hydrogens (tertiary/aromatic N) is 5. The highest BCUT2D eigenvalue weighted by atomic mass is 16.2. The van der Waals surface area contributed by atoms with E-state index in [1.165, 1.54) is 16.8 Å². The normalized spacial score (nSPS) is 10.8. The monoisotopic (exact) mass is 249 g/mol. The Kier molecular flexibility index (Phi) is 3.14. The van der Waals surface area contributed by atoms with Gasteiger partial charge in [0, 0.05) is 25.9 Å². The molecule has 0 radical (unpaired) electrons. The van der Waals surface area contributed by atoms with E-state index in [-0.39, 0.29) is 17.8 Å². The zero-order valence-electron chi connectivity index (χ0n) is 10.6. The van der Waals surface area contributed by atoms with Crippen LogP contribution in [0.5, 0.6) is 0 Å². The Morgan fingerprint density at radius 2 is 2.00 bits per heavy atom. The van der Waals surface area contributed by atoms with Crippen molar-refractivity contribution in [3.05, 3.63) is 44.8 Å². The molecule has 0 saturated heterocycles. The lowest BCUT2D eigenvalue weighted by Gasteiger charge is -2.07. The second kappa shape index (κ2) is 4.59. The molecule has 0 aliphatic heterocycles. The smallest absolute Gasteiger partial charge is 0.317 e. The fourth-order valence-electron chi connectivity index (χ4n) is 1.67. The summed E-state index contributed by atoms with van der Waals surface area (Å²) in [5, 5.41) is 7.86. The first-order valence-corrected chi connectivity index (χ1v) is 5.69. The van der Waals surface area contributed by atoms with Crippen molar-refractivity contribution in [1.29, 1.82) is 0 Å². The molecule has 2 aromatic heterocycles. The van der Waals surface area contributed by atoms with Gasteiger partial charge in [-0.05, 0) is 13.8 Å². The molecule has 0 bridgehead atoms. The maximum absolute atomic E-state index is 12.0. The second-order valence-electron chi connectivity index (χ2n) is 4.03. The molecule has 2 aromatic rings. The van der Waals surface area contributed by atoms with Crippen molar-refractivity contribution in [3.63, 3.8) is 0 Å². The van der Waals surface area contributed by atoms with Gasteiger partial charge >= 0.3 is 5.69 Å². The van der Waals surface area contributed by atoms with Crippen molar-refractivity contribution in [1.82, 2.24) is 23.9 Å². The van der Waals surface area contributed by atoms with Crippen LogP contribution in [-0.4, -0.2) is 23.9 Å². The summed E-state index contributed by atoms with van der Waals surface area (Å²) in [6.45, 7) is 4.32. The van der Waals surface area contributed by atoms with Crippen LogP contribution in [0.2, 0.25) is 0 Å². The maximum Gasteiger partial charge on any atom is 0.331 e. The summed E-state index contributed by atoms with van der Waals surface area (Å²) in [7, 11) is 1.80. The van der Waals surface area contributed by atoms with E-state index in [1.54, 1.807) is 11.6 Å². The molecule has 0 aliphatic rings. The van der Waals surface area contributed by atoms with Crippen LogP contribution in [0.4, 0.5) is 0 Å². The van der Waals surface area contributed by atoms with Gasteiger partial charge in [0.15, 0.2) is 5.82 Å². The SMILES string of the molecule is CCn1ccc(=O)n(Cc2nnc(C)n2C)c1=O. The molecule has 7 heteroatoms. The lowest BCUT2D eigenvalue weighted by molar-refractivity contribution is 0.576. The topological polar surface area (TPSA) is 74.7 Å². The Hall–Kier alpha value is -2.18. The Bertz CT molecular complexity index is 679. The molecule has 0 amide bonds. The summed E-state index contributed by atoms with van der Waals surface area (Å²) < 4.78 is 4.40. The van der Waals surface area contributed by atoms with E-state index in [2.05, 4.69) is 10.2 Å². The number of hydrogen-bond acceptors (Lipinski definition) is 4. The molecule has 7 nitrogen and oxygen atoms in total. The van der Waals surface area contributed by atoms with Crippen LogP contribution < -0.4 is 11.2 Å². The summed E-state index contributed by atoms with van der Waals surface area (Å²) in [5.41, 5.74) is -0.656. The van der Waals surface area contributed by atoms with Gasteiger partial charge in [-0.25, -0.2) is 4.79 Å². The molecular weight excluding hydrogens is 234 g/mol. The second-order valence-corrected chi connectivity index (χ2v) is 4.03. The van der Waals surface area contributed by atoms with Crippen molar-refractivity contribution in [3.8, 4) is 0 Å². The Balaban J connectivity index is 2.50. The molecule has 0 N–H and O–H groups in total. The van der Waals surface area contributed by atoms with Crippen LogP contribution in [0.1, 0.15) is 18.6 Å². The highest BCUT2D eigenvalue weighted by molar-refractivity contribution is 4.96. The molecule has 0 atom stereocenters. The highest BCUT2D eigenvalue weighted by Gasteiger charge is 2.10. The fraction of sp³-hybridized carbons (Fsp3) is 0.455. The number of aryl methyl sites for hydroxylation is 2. The van der Waals surface area contributed by atoms with Crippen LogP contribution >= 0.6 is 0 Å². The van der Waals surface area contributed by atoms with Crippen LogP contribution in [0.15, 0.2) is 21.9 Å². The maximum atomic E-state index is 12.0. The molecule has 18 heavy (non-hydrogen) atoms. The van der Waals surface area contributed by atoms with Gasteiger partial charge in [-0.3, -0.25) is 9.36 Å². The minimum atomic E-state index is -0.328. The van der Waals surface area contributed by atoms with Crippen molar-refractivity contribution in [2.24, 2.45) is 7.05 Å². The molecule has 0 saturated carbocycles. The summed E-state index contributed by atoms with van der Waals surface area (Å²) in [6, 6.07) is 1.38. The van der Waals surface area contributed by atoms with E-state index in [9.17, 15) is 9.59 Å². The molecule has 2 rings (SSSR count). The van der Waals surface area contributed by atoms with Gasteiger partial charge in [0.25, 0.3) is 5.56 Å². The van der Waals surface area contributed by atoms with Gasteiger partial charge in [0.05, 0.1) is 6.54 Å². The predicted octanol–water partition coefficient (Wildman–Crippen LogP) is -0.485. The fourth-order valence-corrected chi connectivity index (χ4v) is 1.67. The molecule has 0 unspecified atom stereocenters. The quantitative estimate of drug-likeness (QED) is 0.736. The minimum absolute atomic E-state index is 0.135. The van der Waals surface area contributed by atoms with E-state index in [4.69, 9.17) is 0 Å². The molecular formula is C11H15N5O2. The van der Waals surface area contributed by atoms with Gasteiger partial charge in [-0.1, -0.05) is 0 Å². The highest BCUT2D eigenvalue weighted by Crippen LogP contribution is 1.97. The summed E-state index contributed by atoms with van der Waals surface area (Å²) in [6.07, 6.45) is 1.50. The van der Waals surface area contributed by atoms with Crippen LogP contribution in [0.3, 0.4) is 0 Å². The lowest BCUT2D eigenvalue weighted by Crippen LogP contribution is -2.39. The van der Waals surface area contributed by atoms with Crippen molar-refractivity contribution < 1.29 is 0 Å². The van der Waals surface area contributed by atoms with Crippen molar-refractivity contribution in [2.45, 2.75) is 26.9 Å². The van der Waals surface area contributed by atoms with E-state index >= 15 is 0 Å². The summed E-state index contributed by atoms with van der Waals surface area (Å²) in [5.74, 6) is 1.32. The van der Waals surface area contributed by atoms with E-state index in [1.807, 2.05) is 13.8 Å².